The zero-order chi connectivity index (χ0) is 35.6. The number of ether oxygens (including phenoxy) is 2. The fourth-order valence-corrected chi connectivity index (χ4v) is 9.07. The van der Waals surface area contributed by atoms with Crippen LogP contribution >= 0.6 is 15.9 Å². The first-order chi connectivity index (χ1) is 22.5. The molecular formula is C37H52BrN3O7. The Morgan fingerprint density at radius 1 is 1.19 bits per heavy atom. The minimum absolute atomic E-state index is 0.0413. The average molecular weight is 731 g/mol. The van der Waals surface area contributed by atoms with E-state index in [0.717, 1.165) is 0 Å². The van der Waals surface area contributed by atoms with Crippen molar-refractivity contribution >= 4 is 39.6 Å². The quantitative estimate of drug-likeness (QED) is 0.152. The van der Waals surface area contributed by atoms with Crippen LogP contribution in [0.25, 0.3) is 0 Å². The van der Waals surface area contributed by atoms with E-state index in [1.54, 1.807) is 24.0 Å². The molecule has 10 nitrogen and oxygen atoms in total. The monoisotopic (exact) mass is 729 g/mol. The van der Waals surface area contributed by atoms with Crippen LogP contribution in [0.3, 0.4) is 0 Å². The number of aliphatic hydroxyl groups is 1. The van der Waals surface area contributed by atoms with Crippen molar-refractivity contribution in [1.29, 1.82) is 0 Å². The van der Waals surface area contributed by atoms with E-state index in [-0.39, 0.29) is 48.2 Å². The summed E-state index contributed by atoms with van der Waals surface area (Å²) in [5.74, 6) is -3.58. The SMILES string of the molecule is C=CCCC(=O)NC[C@@H](OC(=O)[C@@H]1[C@H]2O[C@@]3(CC2Br)[C@H](C(=O)N(CC=C)C(C)(C)CC(C)(C)C)N([C@H](C)CO)C(=O)[C@@H]13)c1ccccc1. The predicted octanol–water partition coefficient (Wildman–Crippen LogP) is 4.71. The molecule has 3 aliphatic heterocycles. The van der Waals surface area contributed by atoms with E-state index in [1.807, 2.05) is 44.2 Å². The lowest BCUT2D eigenvalue weighted by Gasteiger charge is -2.46. The number of esters is 1. The number of amides is 3. The van der Waals surface area contributed by atoms with Crippen LogP contribution in [-0.4, -0.2) is 92.4 Å². The lowest BCUT2D eigenvalue weighted by molar-refractivity contribution is -0.161. The van der Waals surface area contributed by atoms with E-state index < -0.39 is 59.1 Å². The van der Waals surface area contributed by atoms with E-state index in [1.165, 1.54) is 4.90 Å². The molecule has 8 atom stereocenters. The lowest BCUT2D eigenvalue weighted by atomic mass is 9.70. The number of nitrogens with zero attached hydrogens (tertiary/aromatic N) is 2. The van der Waals surface area contributed by atoms with Crippen molar-refractivity contribution in [3.8, 4) is 0 Å². The number of allylic oxidation sites excluding steroid dienone is 1. The third kappa shape index (κ3) is 7.43. The fourth-order valence-electron chi connectivity index (χ4n) is 8.13. The Morgan fingerprint density at radius 2 is 1.85 bits per heavy atom. The molecule has 3 aliphatic rings. The summed E-state index contributed by atoms with van der Waals surface area (Å²) in [4.78, 5) is 59.0. The molecule has 1 spiro atoms. The number of halogens is 1. The molecule has 0 radical (unpaired) electrons. The molecule has 264 valence electrons. The number of fused-ring (bicyclic) bond motifs is 1. The first-order valence-corrected chi connectivity index (χ1v) is 17.7. The maximum absolute atomic E-state index is 14.9. The minimum Gasteiger partial charge on any atom is -0.455 e. The van der Waals surface area contributed by atoms with E-state index in [2.05, 4.69) is 55.2 Å². The molecule has 1 aromatic carbocycles. The highest BCUT2D eigenvalue weighted by Crippen LogP contribution is 2.61. The van der Waals surface area contributed by atoms with Gasteiger partial charge in [0.25, 0.3) is 0 Å². The van der Waals surface area contributed by atoms with Gasteiger partial charge in [0.05, 0.1) is 37.1 Å². The standard InChI is InChI=1S/C37H52BrN3O7/c1-9-11-17-27(43)39-20-26(24-15-13-12-14-16-24)47-34(46)28-29-32(44)41(23(3)21-42)31(37(29)19-25(38)30(28)48-37)33(45)40(18-10-2)36(7,8)22-35(4,5)6/h9-10,12-16,23,25-26,28-31,42H,1-2,11,17-22H2,3-8H3,(H,39,43)/t23-,25?,26-,28+,29-,30+,31+,37-/m1/s1. The highest BCUT2D eigenvalue weighted by Gasteiger charge is 2.77. The van der Waals surface area contributed by atoms with E-state index in [9.17, 15) is 24.3 Å². The van der Waals surface area contributed by atoms with Crippen molar-refractivity contribution in [2.75, 3.05) is 19.7 Å². The molecule has 4 rings (SSSR count). The number of carbonyl (C=O) groups is 4. The van der Waals surface area contributed by atoms with Gasteiger partial charge in [-0.15, -0.1) is 13.2 Å². The summed E-state index contributed by atoms with van der Waals surface area (Å²) in [7, 11) is 0. The Balaban J connectivity index is 1.71. The highest BCUT2D eigenvalue weighted by molar-refractivity contribution is 9.09. The van der Waals surface area contributed by atoms with Gasteiger partial charge in [-0.3, -0.25) is 19.2 Å². The summed E-state index contributed by atoms with van der Waals surface area (Å²) < 4.78 is 12.8. The van der Waals surface area contributed by atoms with Gasteiger partial charge in [0.1, 0.15) is 17.7 Å². The van der Waals surface area contributed by atoms with Crippen LogP contribution < -0.4 is 5.32 Å². The molecule has 3 heterocycles. The third-order valence-electron chi connectivity index (χ3n) is 9.73. The van der Waals surface area contributed by atoms with Crippen molar-refractivity contribution in [3.63, 3.8) is 0 Å². The van der Waals surface area contributed by atoms with Gasteiger partial charge in [0, 0.05) is 23.3 Å². The number of likely N-dealkylation sites (tertiary alicyclic amines) is 1. The smallest absolute Gasteiger partial charge is 0.313 e. The number of alkyl halides is 1. The van der Waals surface area contributed by atoms with Gasteiger partial charge in [0.15, 0.2) is 0 Å². The molecular weight excluding hydrogens is 678 g/mol. The van der Waals surface area contributed by atoms with Crippen LogP contribution in [0.5, 0.6) is 0 Å². The van der Waals surface area contributed by atoms with Gasteiger partial charge in [-0.1, -0.05) is 79.2 Å². The highest BCUT2D eigenvalue weighted by atomic mass is 79.9. The van der Waals surface area contributed by atoms with E-state index in [4.69, 9.17) is 9.47 Å². The molecule has 3 amide bonds. The lowest BCUT2D eigenvalue weighted by Crippen LogP contribution is -2.62. The summed E-state index contributed by atoms with van der Waals surface area (Å²) in [6, 6.07) is 7.33. The van der Waals surface area contributed by atoms with Crippen LogP contribution in [0, 0.1) is 17.3 Å². The molecule has 3 fully saturated rings. The molecule has 0 aromatic heterocycles. The van der Waals surface area contributed by atoms with Gasteiger partial charge in [-0.05, 0) is 51.0 Å². The van der Waals surface area contributed by atoms with Crippen LogP contribution in [0.4, 0.5) is 0 Å². The maximum Gasteiger partial charge on any atom is 0.313 e. The van der Waals surface area contributed by atoms with Crippen LogP contribution in [-0.2, 0) is 28.7 Å². The summed E-state index contributed by atoms with van der Waals surface area (Å²) in [5.41, 5.74) is -1.35. The van der Waals surface area contributed by atoms with Gasteiger partial charge in [0.2, 0.25) is 17.7 Å². The van der Waals surface area contributed by atoms with Crippen molar-refractivity contribution in [2.45, 2.75) is 107 Å². The summed E-state index contributed by atoms with van der Waals surface area (Å²) >= 11 is 3.72. The van der Waals surface area contributed by atoms with Gasteiger partial charge in [-0.2, -0.15) is 0 Å². The fraction of sp³-hybridized carbons (Fsp3) is 0.622. The topological polar surface area (TPSA) is 125 Å². The zero-order valence-electron chi connectivity index (χ0n) is 29.1. The Kier molecular flexibility index (Phi) is 11.7. The van der Waals surface area contributed by atoms with Crippen molar-refractivity contribution in [3.05, 3.63) is 61.2 Å². The number of carbonyl (C=O) groups excluding carboxylic acids is 4. The van der Waals surface area contributed by atoms with Crippen LogP contribution in [0.1, 0.15) is 78.9 Å². The van der Waals surface area contributed by atoms with Gasteiger partial charge < -0.3 is 29.7 Å². The Morgan fingerprint density at radius 3 is 2.44 bits per heavy atom. The number of hydrogen-bond donors (Lipinski definition) is 2. The minimum atomic E-state index is -1.32. The molecule has 0 saturated carbocycles. The summed E-state index contributed by atoms with van der Waals surface area (Å²) in [5, 5.41) is 13.2. The number of rotatable bonds is 15. The van der Waals surface area contributed by atoms with Crippen molar-refractivity contribution < 1.29 is 33.8 Å². The first kappa shape index (κ1) is 37.8. The molecule has 3 saturated heterocycles. The summed E-state index contributed by atoms with van der Waals surface area (Å²) in [6.07, 6.45) is 3.57. The molecule has 2 bridgehead atoms. The Bertz CT molecular complexity index is 1380. The second kappa shape index (κ2) is 14.8. The first-order valence-electron chi connectivity index (χ1n) is 16.8. The maximum atomic E-state index is 14.9. The van der Waals surface area contributed by atoms with Crippen molar-refractivity contribution in [1.82, 2.24) is 15.1 Å². The molecule has 1 unspecified atom stereocenters. The number of aliphatic hydroxyl groups excluding tert-OH is 1. The molecule has 2 N–H and O–H groups in total. The normalized spacial score (nSPS) is 27.6. The molecule has 0 aliphatic carbocycles. The third-order valence-corrected chi connectivity index (χ3v) is 10.6. The molecule has 11 heteroatoms. The van der Waals surface area contributed by atoms with Gasteiger partial charge >= 0.3 is 5.97 Å². The van der Waals surface area contributed by atoms with E-state index in [0.29, 0.717) is 24.8 Å². The summed E-state index contributed by atoms with van der Waals surface area (Å²) in [6.45, 7) is 19.5. The van der Waals surface area contributed by atoms with Gasteiger partial charge in [-0.25, -0.2) is 0 Å². The average Bonchev–Trinajstić information content (AvgIpc) is 3.62. The Labute approximate surface area is 293 Å². The zero-order valence-corrected chi connectivity index (χ0v) is 30.7. The second-order valence-electron chi connectivity index (χ2n) is 15.2. The molecule has 1 aromatic rings. The predicted molar refractivity (Wildman–Crippen MR) is 187 cm³/mol. The number of hydrogen-bond acceptors (Lipinski definition) is 7. The van der Waals surface area contributed by atoms with Crippen LogP contribution in [0.2, 0.25) is 0 Å². The number of nitrogens with one attached hydrogen (secondary N) is 1. The second-order valence-corrected chi connectivity index (χ2v) is 16.4. The van der Waals surface area contributed by atoms with Crippen LogP contribution in [0.15, 0.2) is 55.6 Å². The Hall–Kier alpha value is -3.02. The largest absolute Gasteiger partial charge is 0.455 e. The van der Waals surface area contributed by atoms with Crippen molar-refractivity contribution in [2.24, 2.45) is 17.3 Å². The molecule has 48 heavy (non-hydrogen) atoms. The van der Waals surface area contributed by atoms with E-state index >= 15 is 0 Å². The number of benzene rings is 1.